The number of likely N-dealkylation sites (N-methyl/N-ethyl adjacent to an activating group) is 1. The van der Waals surface area contributed by atoms with Crippen molar-refractivity contribution in [1.29, 1.82) is 0 Å². The first-order chi connectivity index (χ1) is 11.2. The second-order valence-electron chi connectivity index (χ2n) is 5.27. The molecular weight excluding hydrogens is 290 g/mol. The number of methoxy groups -OCH3 is 1. The van der Waals surface area contributed by atoms with E-state index in [9.17, 15) is 5.11 Å². The summed E-state index contributed by atoms with van der Waals surface area (Å²) in [7, 11) is 3.56. The third-order valence-corrected chi connectivity index (χ3v) is 3.71. The van der Waals surface area contributed by atoms with E-state index in [1.807, 2.05) is 60.5 Å². The van der Waals surface area contributed by atoms with Crippen LogP contribution in [-0.4, -0.2) is 42.4 Å². The van der Waals surface area contributed by atoms with Crippen LogP contribution < -0.4 is 9.64 Å². The lowest BCUT2D eigenvalue weighted by Crippen LogP contribution is -2.22. The van der Waals surface area contributed by atoms with Gasteiger partial charge in [0.05, 0.1) is 19.2 Å². The van der Waals surface area contributed by atoms with E-state index in [1.54, 1.807) is 7.11 Å². The summed E-state index contributed by atoms with van der Waals surface area (Å²) in [5, 5.41) is 10.2. The lowest BCUT2D eigenvalue weighted by molar-refractivity contribution is 0.304. The van der Waals surface area contributed by atoms with Crippen molar-refractivity contribution in [1.82, 2.24) is 9.97 Å². The summed E-state index contributed by atoms with van der Waals surface area (Å²) < 4.78 is 5.28. The molecule has 23 heavy (non-hydrogen) atoms. The number of anilines is 1. The van der Waals surface area contributed by atoms with Gasteiger partial charge in [0, 0.05) is 24.5 Å². The Morgan fingerprint density at radius 1 is 1.09 bits per heavy atom. The molecule has 1 N–H and O–H groups in total. The van der Waals surface area contributed by atoms with Gasteiger partial charge in [-0.3, -0.25) is 0 Å². The summed E-state index contributed by atoms with van der Waals surface area (Å²) in [6.45, 7) is 0.585. The van der Waals surface area contributed by atoms with Gasteiger partial charge in [-0.15, -0.1) is 0 Å². The Morgan fingerprint density at radius 3 is 2.70 bits per heavy atom. The van der Waals surface area contributed by atoms with E-state index in [4.69, 9.17) is 9.72 Å². The molecule has 3 aromatic rings. The summed E-state index contributed by atoms with van der Waals surface area (Å²) in [5.74, 6) is 2.22. The van der Waals surface area contributed by atoms with Crippen molar-refractivity contribution in [3.8, 4) is 17.1 Å². The minimum Gasteiger partial charge on any atom is -0.497 e. The van der Waals surface area contributed by atoms with Crippen molar-refractivity contribution in [3.05, 3.63) is 48.5 Å². The van der Waals surface area contributed by atoms with Crippen molar-refractivity contribution in [2.45, 2.75) is 0 Å². The molecule has 0 unspecified atom stereocenters. The van der Waals surface area contributed by atoms with Crippen LogP contribution in [0.3, 0.4) is 0 Å². The van der Waals surface area contributed by atoms with Crippen LogP contribution in [0.4, 0.5) is 5.82 Å². The van der Waals surface area contributed by atoms with E-state index >= 15 is 0 Å². The maximum atomic E-state index is 9.22. The number of benzene rings is 2. The molecule has 3 rings (SSSR count). The molecule has 0 aliphatic carbocycles. The molecule has 1 heterocycles. The van der Waals surface area contributed by atoms with Crippen LogP contribution in [-0.2, 0) is 0 Å². The number of fused-ring (bicyclic) bond motifs is 1. The highest BCUT2D eigenvalue weighted by atomic mass is 16.5. The molecule has 0 aliphatic rings. The van der Waals surface area contributed by atoms with Gasteiger partial charge in [0.25, 0.3) is 0 Å². The van der Waals surface area contributed by atoms with E-state index in [-0.39, 0.29) is 6.61 Å². The minimum atomic E-state index is 0.0727. The van der Waals surface area contributed by atoms with E-state index in [1.165, 1.54) is 0 Å². The first kappa shape index (κ1) is 15.2. The van der Waals surface area contributed by atoms with Gasteiger partial charge in [0.2, 0.25) is 0 Å². The molecule has 1 aromatic heterocycles. The van der Waals surface area contributed by atoms with Crippen molar-refractivity contribution in [2.75, 3.05) is 32.2 Å². The van der Waals surface area contributed by atoms with Crippen LogP contribution >= 0.6 is 0 Å². The number of ether oxygens (including phenoxy) is 1. The van der Waals surface area contributed by atoms with Crippen molar-refractivity contribution >= 4 is 16.7 Å². The summed E-state index contributed by atoms with van der Waals surface area (Å²) in [6.07, 6.45) is 0. The van der Waals surface area contributed by atoms with Crippen molar-refractivity contribution in [2.24, 2.45) is 0 Å². The smallest absolute Gasteiger partial charge is 0.162 e. The molecule has 0 saturated heterocycles. The Balaban J connectivity index is 2.17. The van der Waals surface area contributed by atoms with E-state index < -0.39 is 0 Å². The fourth-order valence-corrected chi connectivity index (χ4v) is 2.50. The van der Waals surface area contributed by atoms with Gasteiger partial charge in [0.1, 0.15) is 11.6 Å². The Morgan fingerprint density at radius 2 is 1.91 bits per heavy atom. The number of hydrogen-bond acceptors (Lipinski definition) is 5. The monoisotopic (exact) mass is 309 g/mol. The number of aliphatic hydroxyl groups excluding tert-OH is 1. The van der Waals surface area contributed by atoms with E-state index in [0.29, 0.717) is 12.4 Å². The van der Waals surface area contributed by atoms with Gasteiger partial charge >= 0.3 is 0 Å². The molecule has 0 atom stereocenters. The van der Waals surface area contributed by atoms with Gasteiger partial charge in [-0.2, -0.15) is 0 Å². The fraction of sp³-hybridized carbons (Fsp3) is 0.222. The first-order valence-electron chi connectivity index (χ1n) is 7.46. The third kappa shape index (κ3) is 3.10. The topological polar surface area (TPSA) is 58.5 Å². The molecule has 2 aromatic carbocycles. The van der Waals surface area contributed by atoms with Crippen LogP contribution in [0.15, 0.2) is 48.5 Å². The second-order valence-corrected chi connectivity index (χ2v) is 5.27. The number of aromatic nitrogens is 2. The molecule has 5 heteroatoms. The number of hydrogen-bond donors (Lipinski definition) is 1. The molecule has 5 nitrogen and oxygen atoms in total. The largest absolute Gasteiger partial charge is 0.497 e. The molecule has 118 valence electrons. The van der Waals surface area contributed by atoms with Gasteiger partial charge < -0.3 is 14.7 Å². The Labute approximate surface area is 135 Å². The molecule has 0 bridgehead atoms. The molecule has 0 radical (unpaired) electrons. The van der Waals surface area contributed by atoms with E-state index in [2.05, 4.69) is 4.98 Å². The van der Waals surface area contributed by atoms with Crippen molar-refractivity contribution < 1.29 is 9.84 Å². The molecular formula is C18H19N3O2. The van der Waals surface area contributed by atoms with Crippen LogP contribution in [0.1, 0.15) is 0 Å². The lowest BCUT2D eigenvalue weighted by atomic mass is 10.1. The highest BCUT2D eigenvalue weighted by Crippen LogP contribution is 2.28. The molecule has 0 spiro atoms. The van der Waals surface area contributed by atoms with Gasteiger partial charge in [-0.25, -0.2) is 9.97 Å². The average Bonchev–Trinajstić information content (AvgIpc) is 2.61. The zero-order valence-corrected chi connectivity index (χ0v) is 13.2. The van der Waals surface area contributed by atoms with Crippen LogP contribution in [0, 0.1) is 0 Å². The van der Waals surface area contributed by atoms with Gasteiger partial charge in [-0.05, 0) is 24.3 Å². The Kier molecular flexibility index (Phi) is 4.39. The van der Waals surface area contributed by atoms with Crippen molar-refractivity contribution in [3.63, 3.8) is 0 Å². The standard InChI is InChI=1S/C18H19N3O2/c1-21(10-11-22)18-15-8-3-4-9-16(15)19-17(20-18)13-6-5-7-14(12-13)23-2/h3-9,12,22H,10-11H2,1-2H3. The quantitative estimate of drug-likeness (QED) is 0.785. The van der Waals surface area contributed by atoms with E-state index in [0.717, 1.165) is 28.0 Å². The van der Waals surface area contributed by atoms with Crippen LogP contribution in [0.25, 0.3) is 22.3 Å². The summed E-state index contributed by atoms with van der Waals surface area (Å²) in [5.41, 5.74) is 1.77. The molecule has 0 aliphatic heterocycles. The Bertz CT molecular complexity index is 820. The minimum absolute atomic E-state index is 0.0727. The molecule has 0 saturated carbocycles. The first-order valence-corrected chi connectivity index (χ1v) is 7.46. The predicted octanol–water partition coefficient (Wildman–Crippen LogP) is 2.73. The highest BCUT2D eigenvalue weighted by molar-refractivity contribution is 5.91. The highest BCUT2D eigenvalue weighted by Gasteiger charge is 2.12. The van der Waals surface area contributed by atoms with Crippen LogP contribution in [0.2, 0.25) is 0 Å². The zero-order chi connectivity index (χ0) is 16.2. The van der Waals surface area contributed by atoms with Gasteiger partial charge in [-0.1, -0.05) is 24.3 Å². The average molecular weight is 309 g/mol. The molecule has 0 fully saturated rings. The third-order valence-electron chi connectivity index (χ3n) is 3.71. The number of nitrogens with zero attached hydrogens (tertiary/aromatic N) is 3. The zero-order valence-electron chi connectivity index (χ0n) is 13.2. The summed E-state index contributed by atoms with van der Waals surface area (Å²) >= 11 is 0. The fourth-order valence-electron chi connectivity index (χ4n) is 2.50. The maximum Gasteiger partial charge on any atom is 0.162 e. The van der Waals surface area contributed by atoms with Crippen LogP contribution in [0.5, 0.6) is 5.75 Å². The SMILES string of the molecule is COc1cccc(-c2nc(N(C)CCO)c3ccccc3n2)c1. The second kappa shape index (κ2) is 6.62. The normalized spacial score (nSPS) is 10.7. The number of para-hydroxylation sites is 1. The predicted molar refractivity (Wildman–Crippen MR) is 91.9 cm³/mol. The molecule has 0 amide bonds. The van der Waals surface area contributed by atoms with Gasteiger partial charge in [0.15, 0.2) is 5.82 Å². The number of rotatable bonds is 5. The summed E-state index contributed by atoms with van der Waals surface area (Å²) in [4.78, 5) is 11.3. The maximum absolute atomic E-state index is 9.22. The lowest BCUT2D eigenvalue weighted by Gasteiger charge is -2.19. The Hall–Kier alpha value is -2.66. The summed E-state index contributed by atoms with van der Waals surface area (Å²) in [6, 6.07) is 15.6. The number of aliphatic hydroxyl groups is 1.